The summed E-state index contributed by atoms with van der Waals surface area (Å²) < 4.78 is 26.6. The van der Waals surface area contributed by atoms with Crippen molar-refractivity contribution in [1.29, 1.82) is 0 Å². The number of phenols is 1. The molecule has 26 heavy (non-hydrogen) atoms. The number of nitrogens with one attached hydrogen (secondary N) is 1. The topological polar surface area (TPSA) is 89.9 Å². The molecule has 0 unspecified atom stereocenters. The minimum Gasteiger partial charge on any atom is -0.506 e. The summed E-state index contributed by atoms with van der Waals surface area (Å²) in [5.74, 6) is -0.668. The van der Waals surface area contributed by atoms with Gasteiger partial charge in [-0.15, -0.1) is 0 Å². The first kappa shape index (κ1) is 18.1. The van der Waals surface area contributed by atoms with E-state index in [9.17, 15) is 18.6 Å². The van der Waals surface area contributed by atoms with E-state index < -0.39 is 16.1 Å². The quantitative estimate of drug-likeness (QED) is 0.769. The maximum Gasteiger partial charge on any atom is 0.330 e. The summed E-state index contributed by atoms with van der Waals surface area (Å²) in [4.78, 5) is 0. The molecule has 1 heterocycles. The first-order valence-electron chi connectivity index (χ1n) is 8.20. The van der Waals surface area contributed by atoms with Crippen molar-refractivity contribution in [1.82, 2.24) is 4.72 Å². The monoisotopic (exact) mass is 374 g/mol. The van der Waals surface area contributed by atoms with Crippen LogP contribution in [0.25, 0.3) is 0 Å². The molecule has 0 saturated carbocycles. The standard InChI is InChI=1S/C19H22N2O4S/c1-19(2,3)15-6-4-5-13(10-15)9-14-7-8-16(17(22)11-14)21-12-18(23)20-26(21,24)25/h4-8,10-12,20,22-23H,9H2,1-3H3. The average Bonchev–Trinajstić information content (AvgIpc) is 2.79. The lowest BCUT2D eigenvalue weighted by Gasteiger charge is -2.20. The maximum absolute atomic E-state index is 11.9. The van der Waals surface area contributed by atoms with Crippen LogP contribution in [0.3, 0.4) is 0 Å². The highest BCUT2D eigenvalue weighted by Gasteiger charge is 2.30. The second-order valence-electron chi connectivity index (χ2n) is 7.37. The highest BCUT2D eigenvalue weighted by molar-refractivity contribution is 7.91. The SMILES string of the molecule is CC(C)(C)c1cccc(Cc2ccc(N3C=C(O)NS3(=O)=O)c(O)c2)c1. The molecule has 0 amide bonds. The highest BCUT2D eigenvalue weighted by atomic mass is 32.2. The van der Waals surface area contributed by atoms with Gasteiger partial charge in [0, 0.05) is 0 Å². The third kappa shape index (κ3) is 3.62. The second kappa shape index (κ2) is 6.25. The van der Waals surface area contributed by atoms with Crippen LogP contribution in [0.1, 0.15) is 37.5 Å². The predicted molar refractivity (Wildman–Crippen MR) is 101 cm³/mol. The molecule has 0 fully saturated rings. The molecule has 0 bridgehead atoms. The van der Waals surface area contributed by atoms with Crippen molar-refractivity contribution in [3.05, 3.63) is 71.2 Å². The lowest BCUT2D eigenvalue weighted by molar-refractivity contribution is 0.392. The third-order valence-corrected chi connectivity index (χ3v) is 5.50. The molecule has 0 saturated heterocycles. The van der Waals surface area contributed by atoms with Crippen LogP contribution in [-0.2, 0) is 22.0 Å². The normalized spacial score (nSPS) is 16.3. The van der Waals surface area contributed by atoms with Crippen molar-refractivity contribution in [3.8, 4) is 5.75 Å². The van der Waals surface area contributed by atoms with Gasteiger partial charge in [0.05, 0.1) is 6.20 Å². The zero-order valence-electron chi connectivity index (χ0n) is 14.9. The number of benzene rings is 2. The molecule has 1 aliphatic rings. The van der Waals surface area contributed by atoms with E-state index in [1.54, 1.807) is 6.07 Å². The third-order valence-electron chi connectivity index (χ3n) is 4.21. The smallest absolute Gasteiger partial charge is 0.330 e. The second-order valence-corrected chi connectivity index (χ2v) is 8.92. The minimum atomic E-state index is -3.92. The van der Waals surface area contributed by atoms with Gasteiger partial charge >= 0.3 is 10.2 Å². The van der Waals surface area contributed by atoms with E-state index in [-0.39, 0.29) is 16.9 Å². The van der Waals surface area contributed by atoms with E-state index in [0.717, 1.165) is 21.6 Å². The highest BCUT2D eigenvalue weighted by Crippen LogP contribution is 2.33. The number of anilines is 1. The molecule has 2 aromatic rings. The first-order chi connectivity index (χ1) is 12.1. The molecule has 0 aliphatic carbocycles. The van der Waals surface area contributed by atoms with Crippen molar-refractivity contribution < 1.29 is 18.6 Å². The van der Waals surface area contributed by atoms with Gasteiger partial charge < -0.3 is 10.2 Å². The fourth-order valence-corrected chi connectivity index (χ4v) is 3.90. The molecular formula is C19H22N2O4S. The molecule has 0 aromatic heterocycles. The lowest BCUT2D eigenvalue weighted by Crippen LogP contribution is -2.29. The van der Waals surface area contributed by atoms with Crippen LogP contribution in [0, 0.1) is 0 Å². The molecular weight excluding hydrogens is 352 g/mol. The molecule has 0 spiro atoms. The van der Waals surface area contributed by atoms with Gasteiger partial charge in [-0.2, -0.15) is 8.42 Å². The molecule has 1 aliphatic heterocycles. The summed E-state index contributed by atoms with van der Waals surface area (Å²) in [6.07, 6.45) is 1.63. The predicted octanol–water partition coefficient (Wildman–Crippen LogP) is 3.29. The summed E-state index contributed by atoms with van der Waals surface area (Å²) in [5, 5.41) is 19.7. The van der Waals surface area contributed by atoms with E-state index in [1.165, 1.54) is 17.7 Å². The summed E-state index contributed by atoms with van der Waals surface area (Å²) in [6, 6.07) is 13.1. The number of hydrogen-bond donors (Lipinski definition) is 3. The van der Waals surface area contributed by atoms with E-state index in [0.29, 0.717) is 6.42 Å². The summed E-state index contributed by atoms with van der Waals surface area (Å²) >= 11 is 0. The van der Waals surface area contributed by atoms with Crippen molar-refractivity contribution in [3.63, 3.8) is 0 Å². The molecule has 3 N–H and O–H groups in total. The molecule has 7 heteroatoms. The van der Waals surface area contributed by atoms with Gasteiger partial charge in [-0.1, -0.05) is 51.1 Å². The molecule has 0 atom stereocenters. The number of aliphatic hydroxyl groups is 1. The van der Waals surface area contributed by atoms with E-state index in [2.05, 4.69) is 32.9 Å². The Morgan fingerprint density at radius 1 is 1.04 bits per heavy atom. The number of aliphatic hydroxyl groups excluding tert-OH is 1. The Hall–Kier alpha value is -2.67. The maximum atomic E-state index is 11.9. The minimum absolute atomic E-state index is 0.0491. The lowest BCUT2D eigenvalue weighted by atomic mass is 9.85. The van der Waals surface area contributed by atoms with Gasteiger partial charge in [0.25, 0.3) is 0 Å². The molecule has 138 valence electrons. The largest absolute Gasteiger partial charge is 0.506 e. The van der Waals surface area contributed by atoms with Gasteiger partial charge in [-0.3, -0.25) is 0 Å². The van der Waals surface area contributed by atoms with Crippen LogP contribution < -0.4 is 9.03 Å². The van der Waals surface area contributed by atoms with Crippen LogP contribution in [0.5, 0.6) is 5.75 Å². The Kier molecular flexibility index (Phi) is 4.36. The Balaban J connectivity index is 1.87. The van der Waals surface area contributed by atoms with E-state index >= 15 is 0 Å². The average molecular weight is 374 g/mol. The number of hydrogen-bond acceptors (Lipinski definition) is 4. The van der Waals surface area contributed by atoms with E-state index in [1.807, 2.05) is 16.9 Å². The molecule has 6 nitrogen and oxygen atoms in total. The Labute approximate surface area is 153 Å². The van der Waals surface area contributed by atoms with Crippen LogP contribution in [-0.4, -0.2) is 18.6 Å². The summed E-state index contributed by atoms with van der Waals surface area (Å²) in [5.41, 5.74) is 3.32. The number of aromatic hydroxyl groups is 1. The van der Waals surface area contributed by atoms with Gasteiger partial charge in [0.2, 0.25) is 5.88 Å². The first-order valence-corrected chi connectivity index (χ1v) is 9.64. The van der Waals surface area contributed by atoms with Gasteiger partial charge in [0.1, 0.15) is 11.4 Å². The summed E-state index contributed by atoms with van der Waals surface area (Å²) in [7, 11) is -3.92. The van der Waals surface area contributed by atoms with Crippen LogP contribution in [0.2, 0.25) is 0 Å². The Morgan fingerprint density at radius 2 is 1.73 bits per heavy atom. The van der Waals surface area contributed by atoms with Crippen LogP contribution in [0.4, 0.5) is 5.69 Å². The Morgan fingerprint density at radius 3 is 2.31 bits per heavy atom. The van der Waals surface area contributed by atoms with Gasteiger partial charge in [-0.05, 0) is 40.7 Å². The van der Waals surface area contributed by atoms with Crippen molar-refractivity contribution >= 4 is 15.9 Å². The van der Waals surface area contributed by atoms with Gasteiger partial charge in [0.15, 0.2) is 0 Å². The molecule has 2 aromatic carbocycles. The van der Waals surface area contributed by atoms with Crippen molar-refractivity contribution in [2.24, 2.45) is 0 Å². The number of nitrogens with zero attached hydrogens (tertiary/aromatic N) is 1. The molecule has 3 rings (SSSR count). The van der Waals surface area contributed by atoms with Crippen molar-refractivity contribution in [2.45, 2.75) is 32.6 Å². The van der Waals surface area contributed by atoms with Crippen LogP contribution >= 0.6 is 0 Å². The zero-order chi connectivity index (χ0) is 19.1. The number of rotatable bonds is 3. The molecule has 0 radical (unpaired) electrons. The fourth-order valence-electron chi connectivity index (χ4n) is 2.84. The van der Waals surface area contributed by atoms with E-state index in [4.69, 9.17) is 0 Å². The zero-order valence-corrected chi connectivity index (χ0v) is 15.7. The van der Waals surface area contributed by atoms with Gasteiger partial charge in [-0.25, -0.2) is 9.03 Å². The van der Waals surface area contributed by atoms with Crippen LogP contribution in [0.15, 0.2) is 54.5 Å². The summed E-state index contributed by atoms with van der Waals surface area (Å²) in [6.45, 7) is 6.46. The number of phenolic OH excluding ortho intramolecular Hbond substituents is 1. The Bertz CT molecular complexity index is 975. The van der Waals surface area contributed by atoms with Crippen molar-refractivity contribution in [2.75, 3.05) is 4.31 Å². The fraction of sp³-hybridized carbons (Fsp3) is 0.263.